The van der Waals surface area contributed by atoms with Crippen molar-refractivity contribution in [3.05, 3.63) is 89.1 Å². The molecular weight excluding hydrogens is 434 g/mol. The molecule has 0 saturated carbocycles. The van der Waals surface area contributed by atoms with Crippen molar-refractivity contribution in [3.8, 4) is 0 Å². The number of hydrogen-bond donors (Lipinski definition) is 1. The van der Waals surface area contributed by atoms with Crippen LogP contribution < -0.4 is 5.32 Å². The maximum Gasteiger partial charge on any atom is 0.276 e. The molecule has 168 valence electrons. The van der Waals surface area contributed by atoms with Crippen LogP contribution in [-0.4, -0.2) is 30.4 Å². The molecule has 0 aliphatic heterocycles. The molecule has 0 bridgehead atoms. The summed E-state index contributed by atoms with van der Waals surface area (Å²) in [5.41, 5.74) is 5.59. The Morgan fingerprint density at radius 2 is 1.70 bits per heavy atom. The van der Waals surface area contributed by atoms with E-state index in [1.807, 2.05) is 30.3 Å². The molecule has 4 aromatic rings. The van der Waals surface area contributed by atoms with E-state index in [-0.39, 0.29) is 10.8 Å². The molecule has 0 atom stereocenters. The Kier molecular flexibility index (Phi) is 5.50. The van der Waals surface area contributed by atoms with E-state index in [0.29, 0.717) is 12.2 Å². The average molecular weight is 460 g/mol. The van der Waals surface area contributed by atoms with Gasteiger partial charge in [0.15, 0.2) is 15.5 Å². The van der Waals surface area contributed by atoms with Crippen molar-refractivity contribution in [1.29, 1.82) is 0 Å². The second-order valence-electron chi connectivity index (χ2n) is 8.58. The van der Waals surface area contributed by atoms with Gasteiger partial charge in [-0.3, -0.25) is 9.48 Å². The number of aromatic nitrogens is 2. The average Bonchev–Trinajstić information content (AvgIpc) is 3.17. The summed E-state index contributed by atoms with van der Waals surface area (Å²) in [5, 5.41) is 8.42. The summed E-state index contributed by atoms with van der Waals surface area (Å²) in [6.07, 6.45) is 5.75. The van der Waals surface area contributed by atoms with Gasteiger partial charge in [-0.05, 0) is 72.7 Å². The van der Waals surface area contributed by atoms with Crippen LogP contribution in [0.2, 0.25) is 0 Å². The molecule has 1 heterocycles. The highest BCUT2D eigenvalue weighted by atomic mass is 32.2. The molecule has 1 amide bonds. The zero-order valence-electron chi connectivity index (χ0n) is 18.4. The van der Waals surface area contributed by atoms with E-state index >= 15 is 0 Å². The molecule has 1 aliphatic rings. The van der Waals surface area contributed by atoms with Gasteiger partial charge in [0.1, 0.15) is 0 Å². The van der Waals surface area contributed by atoms with Gasteiger partial charge in [-0.2, -0.15) is 5.10 Å². The molecule has 1 aliphatic carbocycles. The van der Waals surface area contributed by atoms with E-state index in [2.05, 4.69) is 22.5 Å². The van der Waals surface area contributed by atoms with Crippen molar-refractivity contribution in [3.63, 3.8) is 0 Å². The Bertz CT molecular complexity index is 1450. The van der Waals surface area contributed by atoms with Crippen LogP contribution in [0.1, 0.15) is 40.0 Å². The molecule has 0 unspecified atom stereocenters. The summed E-state index contributed by atoms with van der Waals surface area (Å²) in [4.78, 5) is 13.4. The van der Waals surface area contributed by atoms with Crippen LogP contribution in [0.5, 0.6) is 0 Å². The number of benzene rings is 3. The molecule has 5 rings (SSSR count). The normalized spacial score (nSPS) is 13.6. The molecule has 33 heavy (non-hydrogen) atoms. The highest BCUT2D eigenvalue weighted by Gasteiger charge is 2.18. The number of para-hydroxylation sites is 1. The van der Waals surface area contributed by atoms with E-state index in [9.17, 15) is 13.2 Å². The minimum atomic E-state index is -3.25. The summed E-state index contributed by atoms with van der Waals surface area (Å²) in [6, 6.07) is 20.5. The Morgan fingerprint density at radius 1 is 0.970 bits per heavy atom. The Balaban J connectivity index is 1.43. The van der Waals surface area contributed by atoms with Crippen molar-refractivity contribution >= 4 is 32.3 Å². The number of sulfone groups is 1. The van der Waals surface area contributed by atoms with Gasteiger partial charge < -0.3 is 5.32 Å². The third-order valence-corrected chi connectivity index (χ3v) is 7.29. The van der Waals surface area contributed by atoms with Crippen LogP contribution in [0.25, 0.3) is 10.9 Å². The lowest BCUT2D eigenvalue weighted by atomic mass is 9.91. The lowest BCUT2D eigenvalue weighted by Gasteiger charge is -2.16. The van der Waals surface area contributed by atoms with E-state index in [1.54, 1.807) is 28.9 Å². The maximum atomic E-state index is 13.2. The van der Waals surface area contributed by atoms with Gasteiger partial charge in [0.25, 0.3) is 5.91 Å². The molecule has 0 saturated heterocycles. The number of aryl methyl sites for hydroxylation is 2. The van der Waals surface area contributed by atoms with Crippen molar-refractivity contribution in [1.82, 2.24) is 9.78 Å². The zero-order chi connectivity index (χ0) is 23.0. The SMILES string of the molecule is CS(=O)(=O)c1ccc(Cn2nc(C(=O)Nc3ccc4c(c3)CCCC4)c3ccccc32)cc1. The topological polar surface area (TPSA) is 81.1 Å². The third kappa shape index (κ3) is 4.41. The number of anilines is 1. The van der Waals surface area contributed by atoms with Crippen LogP contribution in [0.15, 0.2) is 71.6 Å². The number of hydrogen-bond acceptors (Lipinski definition) is 4. The van der Waals surface area contributed by atoms with Gasteiger partial charge in [-0.1, -0.05) is 36.4 Å². The van der Waals surface area contributed by atoms with Crippen LogP contribution in [0.4, 0.5) is 5.69 Å². The maximum absolute atomic E-state index is 13.2. The van der Waals surface area contributed by atoms with Gasteiger partial charge in [0.2, 0.25) is 0 Å². The predicted octanol–water partition coefficient (Wildman–Crippen LogP) is 4.62. The molecule has 0 radical (unpaired) electrons. The van der Waals surface area contributed by atoms with Gasteiger partial charge in [0, 0.05) is 17.3 Å². The number of fused-ring (bicyclic) bond motifs is 2. The number of nitrogens with one attached hydrogen (secondary N) is 1. The van der Waals surface area contributed by atoms with Crippen LogP contribution in [0, 0.1) is 0 Å². The van der Waals surface area contributed by atoms with Crippen molar-refractivity contribution < 1.29 is 13.2 Å². The van der Waals surface area contributed by atoms with Crippen molar-refractivity contribution in [2.24, 2.45) is 0 Å². The van der Waals surface area contributed by atoms with Crippen LogP contribution in [-0.2, 0) is 29.2 Å². The summed E-state index contributed by atoms with van der Waals surface area (Å²) in [6.45, 7) is 0.427. The second-order valence-corrected chi connectivity index (χ2v) is 10.6. The number of carbonyl (C=O) groups is 1. The van der Waals surface area contributed by atoms with E-state index in [4.69, 9.17) is 0 Å². The summed E-state index contributed by atoms with van der Waals surface area (Å²) >= 11 is 0. The monoisotopic (exact) mass is 459 g/mol. The first-order valence-electron chi connectivity index (χ1n) is 11.1. The molecule has 7 heteroatoms. The highest BCUT2D eigenvalue weighted by Crippen LogP contribution is 2.26. The first-order chi connectivity index (χ1) is 15.9. The van der Waals surface area contributed by atoms with Gasteiger partial charge >= 0.3 is 0 Å². The largest absolute Gasteiger partial charge is 0.321 e. The summed E-state index contributed by atoms with van der Waals surface area (Å²) in [7, 11) is -3.25. The molecule has 6 nitrogen and oxygen atoms in total. The van der Waals surface area contributed by atoms with Crippen LogP contribution >= 0.6 is 0 Å². The minimum Gasteiger partial charge on any atom is -0.321 e. The molecule has 0 spiro atoms. The summed E-state index contributed by atoms with van der Waals surface area (Å²) in [5.74, 6) is -0.242. The van der Waals surface area contributed by atoms with Crippen molar-refractivity contribution in [2.45, 2.75) is 37.1 Å². The fourth-order valence-corrected chi connectivity index (χ4v) is 5.06. The van der Waals surface area contributed by atoms with Crippen molar-refractivity contribution in [2.75, 3.05) is 11.6 Å². The Hall–Kier alpha value is -3.45. The molecule has 3 aromatic carbocycles. The van der Waals surface area contributed by atoms with Gasteiger partial charge in [-0.15, -0.1) is 0 Å². The third-order valence-electron chi connectivity index (χ3n) is 6.16. The lowest BCUT2D eigenvalue weighted by Crippen LogP contribution is -2.14. The lowest BCUT2D eigenvalue weighted by molar-refractivity contribution is 0.102. The fourth-order valence-electron chi connectivity index (χ4n) is 4.43. The first kappa shape index (κ1) is 21.4. The smallest absolute Gasteiger partial charge is 0.276 e. The zero-order valence-corrected chi connectivity index (χ0v) is 19.2. The predicted molar refractivity (Wildman–Crippen MR) is 129 cm³/mol. The summed E-state index contributed by atoms with van der Waals surface area (Å²) < 4.78 is 25.2. The standard InChI is InChI=1S/C26H25N3O3S/c1-33(31,32)22-14-10-18(11-15-22)17-29-24-9-5-4-8-23(24)25(28-29)26(30)27-21-13-12-19-6-2-3-7-20(19)16-21/h4-5,8-16H,2-3,6-7,17H2,1H3,(H,27,30). The molecular formula is C26H25N3O3S. The Morgan fingerprint density at radius 3 is 2.45 bits per heavy atom. The number of nitrogens with zero attached hydrogens (tertiary/aromatic N) is 2. The van der Waals surface area contributed by atoms with Crippen LogP contribution in [0.3, 0.4) is 0 Å². The van der Waals surface area contributed by atoms with E-state index < -0.39 is 9.84 Å². The fraction of sp³-hybridized carbons (Fsp3) is 0.231. The quantitative estimate of drug-likeness (QED) is 0.472. The Labute approximate surface area is 193 Å². The number of amides is 1. The minimum absolute atomic E-state index is 0.242. The van der Waals surface area contributed by atoms with E-state index in [1.165, 1.54) is 30.2 Å². The van der Waals surface area contributed by atoms with Gasteiger partial charge in [-0.25, -0.2) is 8.42 Å². The molecule has 1 aromatic heterocycles. The second kappa shape index (κ2) is 8.48. The highest BCUT2D eigenvalue weighted by molar-refractivity contribution is 7.90. The molecule has 0 fully saturated rings. The number of carbonyl (C=O) groups excluding carboxylic acids is 1. The van der Waals surface area contributed by atoms with E-state index in [0.717, 1.165) is 35.0 Å². The number of rotatable bonds is 5. The van der Waals surface area contributed by atoms with Gasteiger partial charge in [0.05, 0.1) is 17.0 Å². The molecule has 1 N–H and O–H groups in total. The first-order valence-corrected chi connectivity index (χ1v) is 13.0.